The SMILES string of the molecule is CCC(N)C(c1ccccc1Br)N1CC(C)OCC1C. The minimum absolute atomic E-state index is 0.126. The summed E-state index contributed by atoms with van der Waals surface area (Å²) in [5.74, 6) is 0. The van der Waals surface area contributed by atoms with E-state index in [-0.39, 0.29) is 18.2 Å². The van der Waals surface area contributed by atoms with Gasteiger partial charge in [-0.3, -0.25) is 4.90 Å². The summed E-state index contributed by atoms with van der Waals surface area (Å²) in [5.41, 5.74) is 7.73. The Morgan fingerprint density at radius 2 is 2.10 bits per heavy atom. The average molecular weight is 341 g/mol. The normalized spacial score (nSPS) is 27.2. The van der Waals surface area contributed by atoms with Gasteiger partial charge in [0.25, 0.3) is 0 Å². The predicted molar refractivity (Wildman–Crippen MR) is 86.7 cm³/mol. The highest BCUT2D eigenvalue weighted by molar-refractivity contribution is 9.10. The first-order valence-electron chi connectivity index (χ1n) is 7.42. The zero-order chi connectivity index (χ0) is 14.7. The van der Waals surface area contributed by atoms with Crippen LogP contribution in [0.1, 0.15) is 38.8 Å². The molecule has 1 aliphatic heterocycles. The third-order valence-corrected chi connectivity index (χ3v) is 4.84. The molecule has 0 spiro atoms. The van der Waals surface area contributed by atoms with Gasteiger partial charge in [0.15, 0.2) is 0 Å². The molecule has 1 aliphatic rings. The van der Waals surface area contributed by atoms with Gasteiger partial charge in [-0.1, -0.05) is 41.1 Å². The molecular formula is C16H25BrN2O. The topological polar surface area (TPSA) is 38.5 Å². The van der Waals surface area contributed by atoms with E-state index in [4.69, 9.17) is 10.5 Å². The molecule has 2 N–H and O–H groups in total. The third-order valence-electron chi connectivity index (χ3n) is 4.11. The Morgan fingerprint density at radius 1 is 1.40 bits per heavy atom. The number of nitrogens with two attached hydrogens (primary N) is 1. The lowest BCUT2D eigenvalue weighted by Crippen LogP contribution is -2.53. The molecule has 1 fully saturated rings. The van der Waals surface area contributed by atoms with Gasteiger partial charge in [0, 0.05) is 23.1 Å². The van der Waals surface area contributed by atoms with Crippen molar-refractivity contribution in [1.29, 1.82) is 0 Å². The summed E-state index contributed by atoms with van der Waals surface area (Å²) >= 11 is 3.68. The van der Waals surface area contributed by atoms with Gasteiger partial charge in [-0.05, 0) is 31.9 Å². The van der Waals surface area contributed by atoms with Crippen molar-refractivity contribution in [3.05, 3.63) is 34.3 Å². The smallest absolute Gasteiger partial charge is 0.0675 e. The van der Waals surface area contributed by atoms with E-state index < -0.39 is 0 Å². The van der Waals surface area contributed by atoms with Crippen LogP contribution in [0.2, 0.25) is 0 Å². The van der Waals surface area contributed by atoms with E-state index in [1.54, 1.807) is 0 Å². The first kappa shape index (κ1) is 16.0. The van der Waals surface area contributed by atoms with Crippen molar-refractivity contribution < 1.29 is 4.74 Å². The maximum Gasteiger partial charge on any atom is 0.0675 e. The van der Waals surface area contributed by atoms with Crippen LogP contribution < -0.4 is 5.73 Å². The molecule has 112 valence electrons. The van der Waals surface area contributed by atoms with Gasteiger partial charge in [-0.2, -0.15) is 0 Å². The third kappa shape index (κ3) is 3.42. The summed E-state index contributed by atoms with van der Waals surface area (Å²) in [6.07, 6.45) is 1.23. The summed E-state index contributed by atoms with van der Waals surface area (Å²) in [6.45, 7) is 8.22. The first-order valence-corrected chi connectivity index (χ1v) is 8.21. The van der Waals surface area contributed by atoms with E-state index in [1.165, 1.54) is 5.56 Å². The predicted octanol–water partition coefficient (Wildman–Crippen LogP) is 3.34. The molecule has 1 heterocycles. The zero-order valence-electron chi connectivity index (χ0n) is 12.6. The molecule has 4 atom stereocenters. The Kier molecular flexibility index (Phi) is 5.61. The van der Waals surface area contributed by atoms with Crippen LogP contribution in [0.15, 0.2) is 28.7 Å². The molecule has 1 aromatic rings. The summed E-state index contributed by atoms with van der Waals surface area (Å²) in [6, 6.07) is 9.16. The van der Waals surface area contributed by atoms with Crippen LogP contribution in [-0.2, 0) is 4.74 Å². The summed E-state index contributed by atoms with van der Waals surface area (Å²) < 4.78 is 6.89. The monoisotopic (exact) mass is 340 g/mol. The van der Waals surface area contributed by atoms with Gasteiger partial charge in [-0.25, -0.2) is 0 Å². The van der Waals surface area contributed by atoms with Crippen LogP contribution in [0.3, 0.4) is 0 Å². The number of morpholine rings is 1. The Labute approximate surface area is 130 Å². The van der Waals surface area contributed by atoms with Crippen molar-refractivity contribution in [2.45, 2.75) is 51.4 Å². The van der Waals surface area contributed by atoms with Crippen LogP contribution in [0, 0.1) is 0 Å². The molecule has 1 saturated heterocycles. The Bertz CT molecular complexity index is 440. The molecule has 2 rings (SSSR count). The molecule has 0 aliphatic carbocycles. The van der Waals surface area contributed by atoms with Crippen LogP contribution in [-0.4, -0.2) is 36.2 Å². The number of hydrogen-bond acceptors (Lipinski definition) is 3. The molecule has 0 amide bonds. The fourth-order valence-corrected chi connectivity index (χ4v) is 3.43. The standard InChI is InChI=1S/C16H25BrN2O/c1-4-15(18)16(13-7-5-6-8-14(13)17)19-9-12(3)20-10-11(19)2/h5-8,11-12,15-16H,4,9-10,18H2,1-3H3. The van der Waals surface area contributed by atoms with Crippen molar-refractivity contribution in [2.75, 3.05) is 13.2 Å². The molecule has 1 aromatic carbocycles. The minimum atomic E-state index is 0.126. The molecule has 0 radical (unpaired) electrons. The molecule has 4 unspecified atom stereocenters. The second kappa shape index (κ2) is 7.03. The maximum atomic E-state index is 6.45. The van der Waals surface area contributed by atoms with E-state index in [1.807, 2.05) is 6.07 Å². The lowest BCUT2D eigenvalue weighted by Gasteiger charge is -2.44. The largest absolute Gasteiger partial charge is 0.376 e. The number of nitrogens with zero attached hydrogens (tertiary/aromatic N) is 1. The van der Waals surface area contributed by atoms with Gasteiger partial charge in [0.05, 0.1) is 18.8 Å². The van der Waals surface area contributed by atoms with E-state index in [2.05, 4.69) is 59.8 Å². The molecule has 4 heteroatoms. The van der Waals surface area contributed by atoms with Crippen LogP contribution in [0.25, 0.3) is 0 Å². The zero-order valence-corrected chi connectivity index (χ0v) is 14.1. The van der Waals surface area contributed by atoms with E-state index in [9.17, 15) is 0 Å². The van der Waals surface area contributed by atoms with E-state index >= 15 is 0 Å². The van der Waals surface area contributed by atoms with Crippen molar-refractivity contribution >= 4 is 15.9 Å². The Balaban J connectivity index is 2.35. The van der Waals surface area contributed by atoms with E-state index in [0.29, 0.717) is 6.04 Å². The minimum Gasteiger partial charge on any atom is -0.376 e. The van der Waals surface area contributed by atoms with Gasteiger partial charge in [0.2, 0.25) is 0 Å². The number of halogens is 1. The van der Waals surface area contributed by atoms with Crippen LogP contribution in [0.5, 0.6) is 0 Å². The molecule has 0 saturated carbocycles. The fourth-order valence-electron chi connectivity index (χ4n) is 2.91. The van der Waals surface area contributed by atoms with Gasteiger partial charge >= 0.3 is 0 Å². The summed E-state index contributed by atoms with van der Waals surface area (Å²) in [5, 5.41) is 0. The van der Waals surface area contributed by atoms with Gasteiger partial charge in [0.1, 0.15) is 0 Å². The molecule has 0 bridgehead atoms. The molecule has 0 aromatic heterocycles. The number of benzene rings is 1. The molecular weight excluding hydrogens is 316 g/mol. The summed E-state index contributed by atoms with van der Waals surface area (Å²) in [4.78, 5) is 2.50. The van der Waals surface area contributed by atoms with Gasteiger partial charge in [-0.15, -0.1) is 0 Å². The van der Waals surface area contributed by atoms with Crippen LogP contribution >= 0.6 is 15.9 Å². The van der Waals surface area contributed by atoms with Crippen molar-refractivity contribution in [3.63, 3.8) is 0 Å². The lowest BCUT2D eigenvalue weighted by molar-refractivity contribution is -0.0708. The average Bonchev–Trinajstić information content (AvgIpc) is 2.44. The quantitative estimate of drug-likeness (QED) is 0.913. The van der Waals surface area contributed by atoms with Gasteiger partial charge < -0.3 is 10.5 Å². The van der Waals surface area contributed by atoms with E-state index in [0.717, 1.165) is 24.0 Å². The van der Waals surface area contributed by atoms with Crippen molar-refractivity contribution in [2.24, 2.45) is 5.73 Å². The Morgan fingerprint density at radius 3 is 2.75 bits per heavy atom. The number of ether oxygens (including phenoxy) is 1. The highest BCUT2D eigenvalue weighted by Crippen LogP contribution is 2.33. The van der Waals surface area contributed by atoms with Crippen molar-refractivity contribution in [1.82, 2.24) is 4.90 Å². The maximum absolute atomic E-state index is 6.45. The number of hydrogen-bond donors (Lipinski definition) is 1. The first-order chi connectivity index (χ1) is 9.54. The number of rotatable bonds is 4. The highest BCUT2D eigenvalue weighted by Gasteiger charge is 2.34. The summed E-state index contributed by atoms with van der Waals surface area (Å²) in [7, 11) is 0. The molecule has 3 nitrogen and oxygen atoms in total. The second-order valence-electron chi connectivity index (χ2n) is 5.73. The second-order valence-corrected chi connectivity index (χ2v) is 6.58. The van der Waals surface area contributed by atoms with Crippen molar-refractivity contribution in [3.8, 4) is 0 Å². The molecule has 20 heavy (non-hydrogen) atoms. The highest BCUT2D eigenvalue weighted by atomic mass is 79.9. The fraction of sp³-hybridized carbons (Fsp3) is 0.625. The Hall–Kier alpha value is -0.420. The lowest BCUT2D eigenvalue weighted by atomic mass is 9.94. The van der Waals surface area contributed by atoms with Crippen LogP contribution in [0.4, 0.5) is 0 Å².